The number of hydrogen-bond acceptors (Lipinski definition) is 8. The Morgan fingerprint density at radius 1 is 0.933 bits per heavy atom. The summed E-state index contributed by atoms with van der Waals surface area (Å²) in [6.07, 6.45) is 3.83. The first-order valence-electron chi connectivity index (χ1n) is 15.1. The molecule has 0 aromatic heterocycles. The van der Waals surface area contributed by atoms with Crippen molar-refractivity contribution >= 4 is 41.3 Å². The first-order valence-corrected chi connectivity index (χ1v) is 16.5. The molecule has 45 heavy (non-hydrogen) atoms. The highest BCUT2D eigenvalue weighted by Gasteiger charge is 2.37. The van der Waals surface area contributed by atoms with Gasteiger partial charge in [0.05, 0.1) is 12.6 Å². The number of thioether (sulfide) groups is 1. The number of likely N-dealkylation sites (N-methyl/N-ethyl adjacent to an activating group) is 1. The maximum Gasteiger partial charge on any atom is 0.246 e. The lowest BCUT2D eigenvalue weighted by Gasteiger charge is -2.29. The number of hydrogen-bond donors (Lipinski definition) is 6. The molecule has 5 amide bonds. The number of nitrogens with two attached hydrogens (primary N) is 1. The summed E-state index contributed by atoms with van der Waals surface area (Å²) in [5.41, 5.74) is 7.68. The maximum atomic E-state index is 13.7. The molecule has 4 atom stereocenters. The molecule has 13 heteroatoms. The van der Waals surface area contributed by atoms with Crippen LogP contribution in [0.5, 0.6) is 5.75 Å². The summed E-state index contributed by atoms with van der Waals surface area (Å²) in [5, 5.41) is 20.3. The average Bonchev–Trinajstić information content (AvgIpc) is 3.53. The highest BCUT2D eigenvalue weighted by atomic mass is 32.2. The molecule has 1 aliphatic rings. The van der Waals surface area contributed by atoms with Crippen LogP contribution in [-0.2, 0) is 36.8 Å². The van der Waals surface area contributed by atoms with E-state index in [9.17, 15) is 29.1 Å². The Hall–Kier alpha value is -4.10. The molecule has 0 radical (unpaired) electrons. The minimum atomic E-state index is -0.947. The lowest BCUT2D eigenvalue weighted by Crippen LogP contribution is -2.56. The predicted octanol–water partition coefficient (Wildman–Crippen LogP) is 0.471. The van der Waals surface area contributed by atoms with Crippen LogP contribution in [-0.4, -0.2) is 95.4 Å². The second kappa shape index (κ2) is 18.0. The van der Waals surface area contributed by atoms with Crippen molar-refractivity contribution in [3.05, 3.63) is 65.7 Å². The number of phenols is 1. The van der Waals surface area contributed by atoms with Crippen molar-refractivity contribution in [2.75, 3.05) is 31.6 Å². The summed E-state index contributed by atoms with van der Waals surface area (Å²) in [5.74, 6) is -1.55. The normalized spacial score (nSPS) is 16.2. The summed E-state index contributed by atoms with van der Waals surface area (Å²) in [6.45, 7) is 2.26. The molecule has 2 aromatic rings. The fourth-order valence-corrected chi connectivity index (χ4v) is 5.61. The van der Waals surface area contributed by atoms with E-state index in [1.54, 1.807) is 12.1 Å². The quantitative estimate of drug-likeness (QED) is 0.153. The van der Waals surface area contributed by atoms with E-state index in [2.05, 4.69) is 21.3 Å². The van der Waals surface area contributed by atoms with Crippen molar-refractivity contribution in [2.45, 2.75) is 63.2 Å². The van der Waals surface area contributed by atoms with E-state index in [0.29, 0.717) is 38.1 Å². The summed E-state index contributed by atoms with van der Waals surface area (Å²) < 4.78 is 0. The van der Waals surface area contributed by atoms with Crippen LogP contribution in [0.1, 0.15) is 37.3 Å². The van der Waals surface area contributed by atoms with Gasteiger partial charge in [-0.15, -0.1) is 0 Å². The molecule has 3 rings (SSSR count). The molecule has 7 N–H and O–H groups in total. The number of carbonyl (C=O) groups is 5. The first-order chi connectivity index (χ1) is 21.6. The Morgan fingerprint density at radius 3 is 2.29 bits per heavy atom. The van der Waals surface area contributed by atoms with Crippen molar-refractivity contribution in [1.82, 2.24) is 26.2 Å². The standard InChI is InChI=1S/C32H44N6O6S/c1-3-34-31(43)27-10-7-16-38(27)32(44)26(19-21-8-5-4-6-9-21)36-28(40)20-35-30(42)25(15-17-45-2)37-29(41)24(33)18-22-11-13-23(39)14-12-22/h4-6,8-9,11-14,24-27,39H,3,7,10,15-20,33H2,1-2H3,(H,34,43)(H,35,42)(H,36,40)(H,37,41)/t24-,25+,26-,27-/m0/s1. The van der Waals surface area contributed by atoms with E-state index in [1.807, 2.05) is 43.5 Å². The number of nitrogens with zero attached hydrogens (tertiary/aromatic N) is 1. The second-order valence-electron chi connectivity index (χ2n) is 10.9. The molecule has 1 heterocycles. The van der Waals surface area contributed by atoms with Gasteiger partial charge in [0.25, 0.3) is 0 Å². The number of carbonyl (C=O) groups excluding carboxylic acids is 5. The van der Waals surface area contributed by atoms with Crippen LogP contribution in [0.15, 0.2) is 54.6 Å². The van der Waals surface area contributed by atoms with Gasteiger partial charge in [-0.25, -0.2) is 0 Å². The van der Waals surface area contributed by atoms with Crippen molar-refractivity contribution < 1.29 is 29.1 Å². The fourth-order valence-electron chi connectivity index (χ4n) is 5.14. The summed E-state index contributed by atoms with van der Waals surface area (Å²) in [7, 11) is 0. The smallest absolute Gasteiger partial charge is 0.246 e. The third kappa shape index (κ3) is 11.1. The highest BCUT2D eigenvalue weighted by Crippen LogP contribution is 2.20. The van der Waals surface area contributed by atoms with E-state index < -0.39 is 48.4 Å². The number of nitrogens with one attached hydrogen (secondary N) is 4. The highest BCUT2D eigenvalue weighted by molar-refractivity contribution is 7.98. The van der Waals surface area contributed by atoms with Gasteiger partial charge in [0.15, 0.2) is 0 Å². The Balaban J connectivity index is 1.63. The second-order valence-corrected chi connectivity index (χ2v) is 11.9. The number of aromatic hydroxyl groups is 1. The lowest BCUT2D eigenvalue weighted by molar-refractivity contribution is -0.141. The number of amides is 5. The molecule has 2 aromatic carbocycles. The van der Waals surface area contributed by atoms with Crippen LogP contribution in [0.3, 0.4) is 0 Å². The molecule has 12 nitrogen and oxygen atoms in total. The Kier molecular flexibility index (Phi) is 14.2. The fraction of sp³-hybridized carbons (Fsp3) is 0.469. The Bertz CT molecular complexity index is 1290. The summed E-state index contributed by atoms with van der Waals surface area (Å²) in [4.78, 5) is 66.8. The SMILES string of the molecule is CCNC(=O)[C@@H]1CCCN1C(=O)[C@H](Cc1ccccc1)NC(=O)CNC(=O)[C@@H](CCSC)NC(=O)[C@@H](N)Cc1ccc(O)cc1. The van der Waals surface area contributed by atoms with Crippen LogP contribution < -0.4 is 27.0 Å². The lowest BCUT2D eigenvalue weighted by atomic mass is 10.0. The van der Waals surface area contributed by atoms with Gasteiger partial charge >= 0.3 is 0 Å². The third-order valence-corrected chi connectivity index (χ3v) is 8.14. The van der Waals surface area contributed by atoms with Crippen molar-refractivity contribution in [1.29, 1.82) is 0 Å². The zero-order chi connectivity index (χ0) is 32.8. The molecule has 0 bridgehead atoms. The average molecular weight is 641 g/mol. The molecule has 1 saturated heterocycles. The van der Waals surface area contributed by atoms with Crippen LogP contribution in [0, 0.1) is 0 Å². The van der Waals surface area contributed by atoms with Crippen LogP contribution >= 0.6 is 11.8 Å². The summed E-state index contributed by atoms with van der Waals surface area (Å²) >= 11 is 1.50. The zero-order valence-electron chi connectivity index (χ0n) is 25.8. The first kappa shape index (κ1) is 35.4. The van der Waals surface area contributed by atoms with E-state index in [0.717, 1.165) is 11.1 Å². The van der Waals surface area contributed by atoms with Gasteiger partial charge < -0.3 is 37.0 Å². The van der Waals surface area contributed by atoms with Crippen LogP contribution in [0.25, 0.3) is 0 Å². The summed E-state index contributed by atoms with van der Waals surface area (Å²) in [6, 6.07) is 12.2. The van der Waals surface area contributed by atoms with E-state index in [1.165, 1.54) is 28.8 Å². The van der Waals surface area contributed by atoms with Gasteiger partial charge in [-0.2, -0.15) is 11.8 Å². The number of phenolic OH excluding ortho intramolecular Hbond substituents is 1. The monoisotopic (exact) mass is 640 g/mol. The van der Waals surface area contributed by atoms with E-state index in [4.69, 9.17) is 5.73 Å². The topological polar surface area (TPSA) is 183 Å². The zero-order valence-corrected chi connectivity index (χ0v) is 26.6. The molecule has 0 aliphatic carbocycles. The minimum Gasteiger partial charge on any atom is -0.508 e. The Labute approximate surface area is 268 Å². The van der Waals surface area contributed by atoms with Crippen LogP contribution in [0.2, 0.25) is 0 Å². The van der Waals surface area contributed by atoms with Gasteiger partial charge in [-0.1, -0.05) is 42.5 Å². The Morgan fingerprint density at radius 2 is 1.62 bits per heavy atom. The van der Waals surface area contributed by atoms with Crippen molar-refractivity contribution in [2.24, 2.45) is 5.73 Å². The maximum absolute atomic E-state index is 13.7. The predicted molar refractivity (Wildman–Crippen MR) is 173 cm³/mol. The number of rotatable bonds is 16. The number of likely N-dealkylation sites (tertiary alicyclic amines) is 1. The minimum absolute atomic E-state index is 0.102. The molecular formula is C32H44N6O6S. The third-order valence-electron chi connectivity index (χ3n) is 7.50. The van der Waals surface area contributed by atoms with Gasteiger partial charge in [0.2, 0.25) is 29.5 Å². The van der Waals surface area contributed by atoms with Gasteiger partial charge in [-0.05, 0) is 67.9 Å². The van der Waals surface area contributed by atoms with Crippen molar-refractivity contribution in [3.63, 3.8) is 0 Å². The number of benzene rings is 2. The van der Waals surface area contributed by atoms with Gasteiger partial charge in [0.1, 0.15) is 23.9 Å². The van der Waals surface area contributed by atoms with Crippen molar-refractivity contribution in [3.8, 4) is 5.75 Å². The van der Waals surface area contributed by atoms with Crippen LogP contribution in [0.4, 0.5) is 0 Å². The van der Waals surface area contributed by atoms with Gasteiger partial charge in [-0.3, -0.25) is 24.0 Å². The molecular weight excluding hydrogens is 596 g/mol. The molecule has 1 fully saturated rings. The molecule has 0 saturated carbocycles. The van der Waals surface area contributed by atoms with E-state index in [-0.39, 0.29) is 30.4 Å². The molecule has 244 valence electrons. The molecule has 0 spiro atoms. The molecule has 0 unspecified atom stereocenters. The largest absolute Gasteiger partial charge is 0.508 e. The molecule has 1 aliphatic heterocycles. The van der Waals surface area contributed by atoms with E-state index >= 15 is 0 Å². The van der Waals surface area contributed by atoms with Gasteiger partial charge in [0, 0.05) is 19.5 Å².